The van der Waals surface area contributed by atoms with Crippen LogP contribution in [0.1, 0.15) is 18.6 Å². The Labute approximate surface area is 153 Å². The van der Waals surface area contributed by atoms with Gasteiger partial charge in [0.15, 0.2) is 0 Å². The minimum atomic E-state index is -0.443. The van der Waals surface area contributed by atoms with Crippen molar-refractivity contribution in [2.45, 2.75) is 5.92 Å². The van der Waals surface area contributed by atoms with E-state index in [1.807, 2.05) is 24.3 Å². The number of amides is 1. The molecule has 1 atom stereocenters. The predicted octanol–water partition coefficient (Wildman–Crippen LogP) is -0.670. The van der Waals surface area contributed by atoms with Crippen LogP contribution in [0.2, 0.25) is 5.02 Å². The maximum absolute atomic E-state index is 12.0. The third kappa shape index (κ3) is 2.39. The molecule has 1 aliphatic rings. The van der Waals surface area contributed by atoms with E-state index in [4.69, 9.17) is 11.6 Å². The molecule has 0 saturated heterocycles. The summed E-state index contributed by atoms with van der Waals surface area (Å²) < 4.78 is 0. The van der Waals surface area contributed by atoms with Crippen LogP contribution >= 0.6 is 11.6 Å². The topological polar surface area (TPSA) is 54.9 Å². The molecule has 4 nitrogen and oxygen atoms in total. The first-order valence-corrected chi connectivity index (χ1v) is 5.50. The molecule has 0 spiro atoms. The summed E-state index contributed by atoms with van der Waals surface area (Å²) in [6.45, 7) is 0. The molecule has 2 heterocycles. The average molecular weight is 286 g/mol. The molecule has 1 aliphatic heterocycles. The van der Waals surface area contributed by atoms with E-state index >= 15 is 0 Å². The first kappa shape index (κ1) is 14.1. The summed E-state index contributed by atoms with van der Waals surface area (Å²) in [6.07, 6.45) is 2.90. The minimum Gasteiger partial charge on any atom is -1.00 e. The second-order valence-electron chi connectivity index (χ2n) is 3.77. The van der Waals surface area contributed by atoms with Crippen molar-refractivity contribution >= 4 is 23.2 Å². The molecule has 1 amide bonds. The van der Waals surface area contributed by atoms with Gasteiger partial charge in [0.25, 0.3) is 0 Å². The predicted molar refractivity (Wildman–Crippen MR) is 65.1 cm³/mol. The summed E-state index contributed by atoms with van der Waals surface area (Å²) in [5.41, 5.74) is 2.26. The number of hydrogen-bond acceptors (Lipinski definition) is 3. The zero-order valence-corrected chi connectivity index (χ0v) is 13.6. The Morgan fingerprint density at radius 1 is 1.33 bits per heavy atom. The average Bonchev–Trinajstić information content (AvgIpc) is 2.66. The van der Waals surface area contributed by atoms with Crippen molar-refractivity contribution in [3.8, 4) is 0 Å². The molecular weight excluding hydrogens is 277 g/mol. The third-order valence-corrected chi connectivity index (χ3v) is 3.05. The number of nitrogens with one attached hydrogen (secondary N) is 1. The Kier molecular flexibility index (Phi) is 4.53. The van der Waals surface area contributed by atoms with Crippen LogP contribution in [-0.4, -0.2) is 15.9 Å². The first-order chi connectivity index (χ1) is 8.27. The van der Waals surface area contributed by atoms with Gasteiger partial charge in [0.1, 0.15) is 12.2 Å². The number of aromatic nitrogens is 2. The van der Waals surface area contributed by atoms with Gasteiger partial charge in [-0.2, -0.15) is 0 Å². The monoisotopic (exact) mass is 285 g/mol. The summed E-state index contributed by atoms with van der Waals surface area (Å²) in [5.74, 6) is -0.548. The zero-order valence-electron chi connectivity index (χ0n) is 10.7. The van der Waals surface area contributed by atoms with Crippen molar-refractivity contribution in [3.63, 3.8) is 0 Å². The minimum absolute atomic E-state index is 0. The van der Waals surface area contributed by atoms with Crippen molar-refractivity contribution in [2.75, 3.05) is 5.32 Å². The van der Waals surface area contributed by atoms with E-state index in [0.717, 1.165) is 11.3 Å². The number of nitrogens with zero attached hydrogens (tertiary/aromatic N) is 2. The molecule has 1 aromatic carbocycles. The molecule has 0 aliphatic carbocycles. The van der Waals surface area contributed by atoms with E-state index < -0.39 is 5.92 Å². The summed E-state index contributed by atoms with van der Waals surface area (Å²) >= 11 is 6.03. The van der Waals surface area contributed by atoms with Gasteiger partial charge >= 0.3 is 51.4 Å². The molecule has 0 saturated carbocycles. The number of para-hydroxylation sites is 1. The Bertz CT molecular complexity index is 611. The molecule has 18 heavy (non-hydrogen) atoms. The van der Waals surface area contributed by atoms with Crippen LogP contribution in [0.15, 0.2) is 36.8 Å². The van der Waals surface area contributed by atoms with Gasteiger partial charge in [-0.05, 0) is 11.6 Å². The van der Waals surface area contributed by atoms with Crippen molar-refractivity contribution in [2.24, 2.45) is 0 Å². The molecule has 2 aromatic rings. The van der Waals surface area contributed by atoms with Crippen LogP contribution in [0.4, 0.5) is 5.69 Å². The van der Waals surface area contributed by atoms with Crippen molar-refractivity contribution in [1.29, 1.82) is 0 Å². The number of hydrogen-bond donors (Lipinski definition) is 1. The van der Waals surface area contributed by atoms with E-state index in [2.05, 4.69) is 15.3 Å². The molecule has 3 rings (SSSR count). The molecule has 6 heteroatoms. The van der Waals surface area contributed by atoms with Crippen LogP contribution in [0.3, 0.4) is 0 Å². The van der Waals surface area contributed by atoms with Crippen LogP contribution in [0.5, 0.6) is 0 Å². The van der Waals surface area contributed by atoms with Crippen LogP contribution in [0.25, 0.3) is 0 Å². The van der Waals surface area contributed by atoms with Gasteiger partial charge in [-0.15, -0.1) is 0 Å². The van der Waals surface area contributed by atoms with Crippen molar-refractivity contribution in [3.05, 3.63) is 53.1 Å². The first-order valence-electron chi connectivity index (χ1n) is 5.12. The maximum Gasteiger partial charge on any atom is 1.00 e. The van der Waals surface area contributed by atoms with Gasteiger partial charge in [0, 0.05) is 11.9 Å². The maximum atomic E-state index is 12.0. The second kappa shape index (κ2) is 5.77. The number of carbonyl (C=O) groups excluding carboxylic acids is 1. The zero-order chi connectivity index (χ0) is 11.8. The molecule has 0 radical (unpaired) electrons. The second-order valence-corrected chi connectivity index (χ2v) is 4.17. The fraction of sp³-hybridized carbons (Fsp3) is 0.0833. The van der Waals surface area contributed by atoms with Gasteiger partial charge in [0.2, 0.25) is 5.91 Å². The van der Waals surface area contributed by atoms with E-state index in [-0.39, 0.29) is 58.7 Å². The number of halogens is 1. The largest absolute Gasteiger partial charge is 1.00 e. The molecule has 0 bridgehead atoms. The number of carbonyl (C=O) groups is 1. The van der Waals surface area contributed by atoms with Crippen molar-refractivity contribution < 1.29 is 57.6 Å². The molecule has 1 N–H and O–H groups in total. The Morgan fingerprint density at radius 2 is 2.11 bits per heavy atom. The van der Waals surface area contributed by atoms with E-state index in [9.17, 15) is 4.79 Å². The van der Waals surface area contributed by atoms with Gasteiger partial charge in [-0.25, -0.2) is 9.97 Å². The summed E-state index contributed by atoms with van der Waals surface area (Å²) in [4.78, 5) is 19.9. The van der Waals surface area contributed by atoms with Crippen molar-refractivity contribution in [1.82, 2.24) is 9.97 Å². The standard InChI is InChI=1S/C12H8ClN3O.K.H/c13-8-5-14-6-15-11(8)10-7-3-1-2-4-9(7)16-12(10)17;;/h1-6,10H,(H,16,17);;/q;+1;-1. The van der Waals surface area contributed by atoms with Gasteiger partial charge in [-0.1, -0.05) is 29.8 Å². The fourth-order valence-corrected chi connectivity index (χ4v) is 2.23. The fourth-order valence-electron chi connectivity index (χ4n) is 2.01. The number of fused-ring (bicyclic) bond motifs is 1. The van der Waals surface area contributed by atoms with E-state index in [1.165, 1.54) is 12.5 Å². The Morgan fingerprint density at radius 3 is 2.89 bits per heavy atom. The summed E-state index contributed by atoms with van der Waals surface area (Å²) in [5, 5.41) is 3.22. The summed E-state index contributed by atoms with van der Waals surface area (Å²) in [7, 11) is 0. The van der Waals surface area contributed by atoms with Gasteiger partial charge in [0.05, 0.1) is 10.7 Å². The Hall–Kier alpha value is -0.304. The van der Waals surface area contributed by atoms with E-state index in [1.54, 1.807) is 0 Å². The smallest absolute Gasteiger partial charge is 1.00 e. The SMILES string of the molecule is O=C1Nc2ccccc2C1c1ncncc1Cl.[H-].[K+]. The van der Waals surface area contributed by atoms with Crippen LogP contribution in [0, 0.1) is 0 Å². The van der Waals surface area contributed by atoms with Gasteiger partial charge < -0.3 is 6.74 Å². The molecule has 1 unspecified atom stereocenters. The van der Waals surface area contributed by atoms with Crippen LogP contribution < -0.4 is 56.7 Å². The number of rotatable bonds is 1. The quantitative estimate of drug-likeness (QED) is 0.707. The number of anilines is 1. The van der Waals surface area contributed by atoms with E-state index in [0.29, 0.717) is 10.7 Å². The molecule has 1 aromatic heterocycles. The third-order valence-electron chi connectivity index (χ3n) is 2.76. The summed E-state index contributed by atoms with van der Waals surface area (Å²) in [6, 6.07) is 7.53. The Balaban J connectivity index is 0.000000902. The molecular formula is C12H9ClKN3O. The van der Waals surface area contributed by atoms with Crippen LogP contribution in [-0.2, 0) is 4.79 Å². The number of benzene rings is 1. The molecule has 86 valence electrons. The molecule has 0 fully saturated rings. The normalized spacial score (nSPS) is 16.7. The van der Waals surface area contributed by atoms with Gasteiger partial charge in [-0.3, -0.25) is 4.79 Å².